The predicted molar refractivity (Wildman–Crippen MR) is 80.6 cm³/mol. The molecule has 0 atom stereocenters. The lowest BCUT2D eigenvalue weighted by Crippen LogP contribution is -2.12. The van der Waals surface area contributed by atoms with Gasteiger partial charge in [0.15, 0.2) is 0 Å². The summed E-state index contributed by atoms with van der Waals surface area (Å²) in [5, 5.41) is 7.98. The first-order valence-corrected chi connectivity index (χ1v) is 8.42. The molecule has 0 aliphatic carbocycles. The van der Waals surface area contributed by atoms with Gasteiger partial charge in [-0.05, 0) is 48.2 Å². The zero-order valence-electron chi connectivity index (χ0n) is 9.88. The van der Waals surface area contributed by atoms with Crippen LogP contribution >= 0.6 is 6.34 Å². The van der Waals surface area contributed by atoms with E-state index in [9.17, 15) is 0 Å². The fraction of sp³-hybridized carbons (Fsp3) is 0.0769. The summed E-state index contributed by atoms with van der Waals surface area (Å²) in [4.78, 5) is 0. The first kappa shape index (κ1) is 11.6. The molecule has 0 radical (unpaired) electrons. The van der Waals surface area contributed by atoms with E-state index in [1.807, 2.05) is 48.5 Å². The van der Waals surface area contributed by atoms with Gasteiger partial charge in [-0.1, -0.05) is 12.1 Å². The Bertz CT molecular complexity index is 598. The molecule has 2 aromatic carbocycles. The molecule has 2 aromatic rings. The van der Waals surface area contributed by atoms with Crippen molar-refractivity contribution in [2.24, 2.45) is 0 Å². The van der Waals surface area contributed by atoms with Crippen LogP contribution in [0.25, 0.3) is 0 Å². The number of benzene rings is 2. The highest BCUT2D eigenvalue weighted by atomic mass is 32.4. The molecule has 0 fully saturated rings. The number of anilines is 2. The largest absolute Gasteiger partial charge is 0.497 e. The lowest BCUT2D eigenvalue weighted by molar-refractivity contribution is 0.415. The van der Waals surface area contributed by atoms with Gasteiger partial charge in [-0.3, -0.25) is 0 Å². The second-order valence-electron chi connectivity index (χ2n) is 4.08. The minimum absolute atomic E-state index is 0.845. The molecular weight excluding hydrogens is 263 g/mol. The van der Waals surface area contributed by atoms with E-state index in [0.29, 0.717) is 0 Å². The van der Waals surface area contributed by atoms with Crippen molar-refractivity contribution < 1.29 is 4.74 Å². The third-order valence-corrected chi connectivity index (χ3v) is 6.24. The highest BCUT2D eigenvalue weighted by Crippen LogP contribution is 2.53. The van der Waals surface area contributed by atoms with E-state index in [4.69, 9.17) is 16.5 Å². The highest BCUT2D eigenvalue weighted by Gasteiger charge is 2.27. The fourth-order valence-corrected chi connectivity index (χ4v) is 4.87. The standard InChI is InChI=1S/C13H13N2OPS/c1-16-10-6-8-11(9-7-10)17(18)14-12-4-2-3-5-13(12)15-17/h2-9H,1H3,(H2,14,15,18). The van der Waals surface area contributed by atoms with Crippen molar-refractivity contribution in [3.63, 3.8) is 0 Å². The molecule has 0 amide bonds. The first-order chi connectivity index (χ1) is 8.71. The van der Waals surface area contributed by atoms with Crippen LogP contribution in [0.1, 0.15) is 0 Å². The van der Waals surface area contributed by atoms with Gasteiger partial charge in [-0.2, -0.15) is 0 Å². The van der Waals surface area contributed by atoms with Crippen LogP contribution in [0.5, 0.6) is 5.75 Å². The third-order valence-electron chi connectivity index (χ3n) is 2.92. The summed E-state index contributed by atoms with van der Waals surface area (Å²) in [6.07, 6.45) is -1.96. The Morgan fingerprint density at radius 2 is 1.50 bits per heavy atom. The normalized spacial score (nSPS) is 15.4. The first-order valence-electron chi connectivity index (χ1n) is 5.61. The van der Waals surface area contributed by atoms with Crippen LogP contribution in [0.2, 0.25) is 0 Å². The van der Waals surface area contributed by atoms with Gasteiger partial charge < -0.3 is 14.9 Å². The van der Waals surface area contributed by atoms with Gasteiger partial charge in [0.1, 0.15) is 12.1 Å². The van der Waals surface area contributed by atoms with Gasteiger partial charge in [0.2, 0.25) is 0 Å². The molecule has 1 aliphatic rings. The number of rotatable bonds is 2. The van der Waals surface area contributed by atoms with Crippen molar-refractivity contribution in [1.29, 1.82) is 0 Å². The van der Waals surface area contributed by atoms with E-state index in [0.717, 1.165) is 22.4 Å². The second-order valence-corrected chi connectivity index (χ2v) is 7.90. The van der Waals surface area contributed by atoms with Crippen molar-refractivity contribution in [2.45, 2.75) is 0 Å². The van der Waals surface area contributed by atoms with Gasteiger partial charge in [-0.15, -0.1) is 0 Å². The molecule has 92 valence electrons. The van der Waals surface area contributed by atoms with E-state index < -0.39 is 6.34 Å². The molecule has 0 aromatic heterocycles. The summed E-state index contributed by atoms with van der Waals surface area (Å²) < 4.78 is 5.16. The monoisotopic (exact) mass is 276 g/mol. The van der Waals surface area contributed by atoms with Gasteiger partial charge in [0, 0.05) is 5.30 Å². The van der Waals surface area contributed by atoms with Gasteiger partial charge >= 0.3 is 0 Å². The molecule has 5 heteroatoms. The zero-order chi connectivity index (χ0) is 12.6. The van der Waals surface area contributed by atoms with Crippen LogP contribution in [0.4, 0.5) is 11.4 Å². The molecule has 1 heterocycles. The molecule has 2 N–H and O–H groups in total. The maximum Gasteiger partial charge on any atom is 0.148 e. The topological polar surface area (TPSA) is 33.3 Å². The molecular formula is C13H13N2OPS. The molecule has 0 saturated heterocycles. The summed E-state index contributed by atoms with van der Waals surface area (Å²) in [5.41, 5.74) is 2.16. The van der Waals surface area contributed by atoms with Crippen molar-refractivity contribution in [1.82, 2.24) is 0 Å². The van der Waals surface area contributed by atoms with Crippen molar-refractivity contribution in [3.05, 3.63) is 48.5 Å². The summed E-state index contributed by atoms with van der Waals surface area (Å²) in [6, 6.07) is 16.0. The molecule has 0 saturated carbocycles. The van der Waals surface area contributed by atoms with Crippen LogP contribution in [0.15, 0.2) is 48.5 Å². The Kier molecular flexibility index (Phi) is 2.77. The van der Waals surface area contributed by atoms with E-state index in [1.54, 1.807) is 7.11 Å². The number of nitrogens with one attached hydrogen (secondary N) is 2. The lowest BCUT2D eigenvalue weighted by atomic mass is 10.3. The van der Waals surface area contributed by atoms with Gasteiger partial charge in [-0.25, -0.2) is 0 Å². The van der Waals surface area contributed by atoms with E-state index in [-0.39, 0.29) is 0 Å². The molecule has 1 aliphatic heterocycles. The van der Waals surface area contributed by atoms with Crippen LogP contribution in [0.3, 0.4) is 0 Å². The van der Waals surface area contributed by atoms with E-state index >= 15 is 0 Å². The number of hydrogen-bond donors (Lipinski definition) is 2. The van der Waals surface area contributed by atoms with Crippen molar-refractivity contribution in [3.8, 4) is 5.75 Å². The van der Waals surface area contributed by atoms with Crippen molar-refractivity contribution in [2.75, 3.05) is 17.3 Å². The molecule has 0 spiro atoms. The lowest BCUT2D eigenvalue weighted by Gasteiger charge is -2.18. The molecule has 3 rings (SSSR count). The molecule has 0 unspecified atom stereocenters. The van der Waals surface area contributed by atoms with Gasteiger partial charge in [0.05, 0.1) is 18.5 Å². The number of methoxy groups -OCH3 is 1. The molecule has 3 nitrogen and oxygen atoms in total. The number of hydrogen-bond acceptors (Lipinski definition) is 2. The average Bonchev–Trinajstić information content (AvgIpc) is 2.76. The van der Waals surface area contributed by atoms with Crippen LogP contribution in [-0.4, -0.2) is 7.11 Å². The molecule has 0 bridgehead atoms. The smallest absolute Gasteiger partial charge is 0.148 e. The predicted octanol–water partition coefficient (Wildman–Crippen LogP) is 3.17. The Balaban J connectivity index is 1.96. The minimum atomic E-state index is -1.96. The minimum Gasteiger partial charge on any atom is -0.497 e. The summed E-state index contributed by atoms with van der Waals surface area (Å²) >= 11 is 5.77. The quantitative estimate of drug-likeness (QED) is 0.825. The number of para-hydroxylation sites is 2. The van der Waals surface area contributed by atoms with Crippen LogP contribution < -0.4 is 20.2 Å². The Morgan fingerprint density at radius 3 is 2.00 bits per heavy atom. The fourth-order valence-electron chi connectivity index (χ4n) is 1.97. The van der Waals surface area contributed by atoms with E-state index in [1.165, 1.54) is 0 Å². The summed E-state index contributed by atoms with van der Waals surface area (Å²) in [5.74, 6) is 0.845. The Hall–Kier alpha value is -1.51. The maximum atomic E-state index is 5.77. The zero-order valence-corrected chi connectivity index (χ0v) is 11.6. The number of fused-ring (bicyclic) bond motifs is 1. The Morgan fingerprint density at radius 1 is 0.944 bits per heavy atom. The van der Waals surface area contributed by atoms with Crippen LogP contribution in [-0.2, 0) is 11.8 Å². The van der Waals surface area contributed by atoms with Crippen LogP contribution in [0, 0.1) is 0 Å². The summed E-state index contributed by atoms with van der Waals surface area (Å²) in [7, 11) is 1.66. The number of ether oxygens (including phenoxy) is 1. The SMILES string of the molecule is COc1ccc(P2(=S)Nc3ccccc3N2)cc1. The maximum absolute atomic E-state index is 5.77. The average molecular weight is 276 g/mol. The van der Waals surface area contributed by atoms with E-state index in [2.05, 4.69) is 10.2 Å². The van der Waals surface area contributed by atoms with Gasteiger partial charge in [0.25, 0.3) is 0 Å². The second kappa shape index (κ2) is 4.30. The highest BCUT2D eigenvalue weighted by molar-refractivity contribution is 8.19. The van der Waals surface area contributed by atoms with Crippen molar-refractivity contribution >= 4 is 34.8 Å². The third kappa shape index (κ3) is 1.88. The summed E-state index contributed by atoms with van der Waals surface area (Å²) in [6.45, 7) is 0. The molecule has 18 heavy (non-hydrogen) atoms. The Labute approximate surface area is 111 Å².